The number of hydrogen-bond donors (Lipinski definition) is 0. The molecular weight excluding hydrogens is 1790 g/mol. The monoisotopic (exact) mass is 1910 g/mol. The number of likely N-dealkylation sites (tertiary alicyclic amines) is 4. The highest BCUT2D eigenvalue weighted by Gasteiger charge is 2.55. The molecule has 9 aliphatic heterocycles. The van der Waals surface area contributed by atoms with E-state index in [-0.39, 0.29) is 98.8 Å². The summed E-state index contributed by atoms with van der Waals surface area (Å²) in [6.07, 6.45) is -0.703. The fourth-order valence-corrected chi connectivity index (χ4v) is 23.5. The Bertz CT molecular complexity index is 5910. The Morgan fingerprint density at radius 1 is 0.419 bits per heavy atom. The molecule has 10 aliphatic rings. The molecule has 1 aliphatic carbocycles. The number of carbonyl (C=O) groups excluding carboxylic acids is 7. The lowest BCUT2D eigenvalue weighted by molar-refractivity contribution is -0.144. The van der Waals surface area contributed by atoms with E-state index in [0.29, 0.717) is 150 Å². The van der Waals surface area contributed by atoms with Crippen LogP contribution in [0.2, 0.25) is 0 Å². The van der Waals surface area contributed by atoms with Crippen molar-refractivity contribution >= 4 is 51.0 Å². The fraction of sp³-hybridized carbons (Fsp3) is 0.535. The van der Waals surface area contributed by atoms with Crippen LogP contribution in [0.15, 0.2) is 132 Å². The van der Waals surface area contributed by atoms with Crippen molar-refractivity contribution in [2.75, 3.05) is 127 Å². The van der Waals surface area contributed by atoms with Crippen molar-refractivity contribution < 1.29 is 96.1 Å². The van der Waals surface area contributed by atoms with Crippen LogP contribution < -0.4 is 18.9 Å². The van der Waals surface area contributed by atoms with Crippen molar-refractivity contribution in [2.45, 2.75) is 222 Å². The number of benzene rings is 4. The number of methoxy groups -OCH3 is 1. The first-order valence-corrected chi connectivity index (χ1v) is 48.7. The van der Waals surface area contributed by atoms with Gasteiger partial charge in [-0.1, -0.05) is 0 Å². The van der Waals surface area contributed by atoms with Gasteiger partial charge in [0, 0.05) is 170 Å². The lowest BCUT2D eigenvalue weighted by Crippen LogP contribution is -2.61. The zero-order valence-corrected chi connectivity index (χ0v) is 80.8. The van der Waals surface area contributed by atoms with Gasteiger partial charge in [-0.3, -0.25) is 53.2 Å². The highest BCUT2D eigenvalue weighted by Crippen LogP contribution is 2.51. The zero-order chi connectivity index (χ0) is 98.0. The van der Waals surface area contributed by atoms with Crippen LogP contribution in [0.4, 0.5) is 35.1 Å². The molecule has 1 saturated carbocycles. The van der Waals surface area contributed by atoms with Crippen LogP contribution in [0.1, 0.15) is 241 Å². The number of amides is 4. The van der Waals surface area contributed by atoms with Gasteiger partial charge < -0.3 is 56.8 Å². The fourth-order valence-electron chi connectivity index (χ4n) is 22.0. The van der Waals surface area contributed by atoms with Crippen molar-refractivity contribution in [3.63, 3.8) is 0 Å². The molecule has 0 bridgehead atoms. The third-order valence-corrected chi connectivity index (χ3v) is 31.3. The number of ether oxygens (including phenoxy) is 4. The number of sulfonamides is 1. The third kappa shape index (κ3) is 19.4. The largest absolute Gasteiger partial charge is 0.493 e. The van der Waals surface area contributed by atoms with Gasteiger partial charge in [0.05, 0.1) is 86.2 Å². The van der Waals surface area contributed by atoms with Gasteiger partial charge in [0.1, 0.15) is 28.8 Å². The average Bonchev–Trinajstić information content (AvgIpc) is 1.52. The minimum Gasteiger partial charge on any atom is -0.493 e. The number of alkyl halides is 6. The number of likely N-dealkylation sites (N-methyl/N-ethyl adjacent to an activating group) is 4. The number of nitrogens with zero attached hydrogens (tertiary/aromatic N) is 13. The van der Waals surface area contributed by atoms with Gasteiger partial charge in [0.15, 0.2) is 23.1 Å². The molecular formula is C101H125F8N13O13S. The summed E-state index contributed by atoms with van der Waals surface area (Å²) in [5.74, 6) is -1.43. The second kappa shape index (κ2) is 38.9. The topological polar surface area (TPSA) is 239 Å². The van der Waals surface area contributed by atoms with Gasteiger partial charge in [-0.2, -0.15) is 30.6 Å². The number of piperidine rings is 4. The maximum Gasteiger partial charge on any atom is 0.456 e. The van der Waals surface area contributed by atoms with Gasteiger partial charge in [0.25, 0.3) is 29.4 Å². The lowest BCUT2D eigenvalue weighted by atomic mass is 9.78. The first kappa shape index (κ1) is 99.7. The number of aromatic nitrogens is 4. The summed E-state index contributed by atoms with van der Waals surface area (Å²) >= 11 is 0. The van der Waals surface area contributed by atoms with Gasteiger partial charge >= 0.3 is 12.4 Å². The molecule has 6 fully saturated rings. The Morgan fingerprint density at radius 3 is 1.24 bits per heavy atom. The number of hydrogen-bond acceptors (Lipinski definition) is 17. The molecule has 0 radical (unpaired) electrons. The van der Waals surface area contributed by atoms with Crippen molar-refractivity contribution in [3.8, 4) is 23.0 Å². The van der Waals surface area contributed by atoms with Crippen LogP contribution in [0.5, 0.6) is 23.0 Å². The molecule has 0 atom stereocenters. The second-order valence-corrected chi connectivity index (χ2v) is 41.2. The predicted molar refractivity (Wildman–Crippen MR) is 495 cm³/mol. The molecule has 4 spiro atoms. The summed E-state index contributed by atoms with van der Waals surface area (Å²) in [6, 6.07) is 33.8. The molecule has 4 aromatic heterocycles. The van der Waals surface area contributed by atoms with Crippen LogP contribution in [0, 0.1) is 17.6 Å². The maximum absolute atomic E-state index is 14.7. The molecule has 5 saturated heterocycles. The van der Waals surface area contributed by atoms with Crippen LogP contribution in [-0.4, -0.2) is 263 Å². The Morgan fingerprint density at radius 2 is 0.816 bits per heavy atom. The summed E-state index contributed by atoms with van der Waals surface area (Å²) in [5, 5.41) is 0. The van der Waals surface area contributed by atoms with Crippen molar-refractivity contribution in [1.82, 2.24) is 61.8 Å². The number of halogens is 8. The molecule has 0 unspecified atom stereocenters. The summed E-state index contributed by atoms with van der Waals surface area (Å²) in [5.41, 5.74) is 3.05. The second-order valence-electron chi connectivity index (χ2n) is 39.2. The van der Waals surface area contributed by atoms with Crippen LogP contribution in [-0.2, 0) is 63.5 Å². The Labute approximate surface area is 789 Å². The van der Waals surface area contributed by atoms with Crippen LogP contribution in [0.3, 0.4) is 0 Å². The molecule has 136 heavy (non-hydrogen) atoms. The molecule has 0 N–H and O–H groups in total. The van der Waals surface area contributed by atoms with Gasteiger partial charge in [-0.05, 0) is 276 Å². The number of carbonyl (C=O) groups is 7. The van der Waals surface area contributed by atoms with Crippen molar-refractivity contribution in [1.29, 1.82) is 0 Å². The molecule has 35 heteroatoms. The highest BCUT2D eigenvalue weighted by atomic mass is 32.2. The highest BCUT2D eigenvalue weighted by molar-refractivity contribution is 7.89. The normalized spacial score (nSPS) is 19.8. The predicted octanol–water partition coefficient (Wildman–Crippen LogP) is 16.0. The minimum absolute atomic E-state index is 0.0444. The standard InChI is InChI=1S/C27H34F3N3O4.C26H32FN3O3.C24H29F3N4O3S.C24H30FN3O3/c1-17(2)37-20-9-7-18(15-21(20)36-6)24(35)32-13-11-26(12-14-32)22-10-8-19(23(34)27(28,29)30)33(22)25(3,4)16-31(26)5;1-17(2)33-19-6-7-20(21(27)16-19)25(32)29-12-10-26(11-13-29)23-9-8-22(24(31)18-4-5-18)30(23)15-14-28(26)3;1-28-16-17-31-20(8-9-21(31)24(25,26)27)23(28)10-14-29(15-11-23)22(32)18-4-6-19(7-5-18)35(33,34)30-12-2-3-13-30;1-16(2)31-18-5-6-19(20(25)15-18)23(30)27-11-9-24(10-12-27)22-8-7-21(17(3)29)28(22)14-13-26(24)4/h7-10,15,17H,11-14,16H2,1-6H3;6-9,16-18H,4-5,10-15H2,1-3H3;4-9H,2-3,10-17H2,1H3;5-8,15-16H,9-14H2,1-4H3. The van der Waals surface area contributed by atoms with Crippen molar-refractivity contribution in [2.24, 2.45) is 5.92 Å². The maximum atomic E-state index is 14.7. The molecule has 8 aromatic rings. The smallest absolute Gasteiger partial charge is 0.456 e. The number of Topliss-reactive ketones (excluding diaryl/α,β-unsaturated/α-hetero) is 3. The van der Waals surface area contributed by atoms with E-state index < -0.39 is 62.1 Å². The first-order valence-electron chi connectivity index (χ1n) is 47.2. The molecule has 734 valence electrons. The van der Waals surface area contributed by atoms with Gasteiger partial charge in [-0.15, -0.1) is 0 Å². The Hall–Kier alpha value is -10.7. The van der Waals surface area contributed by atoms with Crippen LogP contribution >= 0.6 is 0 Å². The summed E-state index contributed by atoms with van der Waals surface area (Å²) in [6.45, 7) is 26.0. The summed E-state index contributed by atoms with van der Waals surface area (Å²) < 4.78 is 166. The average molecular weight is 1910 g/mol. The van der Waals surface area contributed by atoms with E-state index in [1.807, 2.05) is 81.6 Å². The Kier molecular flexibility index (Phi) is 28.5. The SMILES string of the molecule is CC(=O)c1ccc2n1CCN(C)C21CCN(C(=O)c2ccc(OC(C)C)cc2F)CC1.CC(C)Oc1ccc(C(=O)N2CCC3(CC2)c2ccc(C(=O)C4CC4)n2CCN3C)c(F)c1.CN1CCn2c(C(F)(F)F)ccc2C12CCN(C(=O)c1ccc(S(=O)(=O)N3CCCC3)cc1)CC2.COc1cc(C(=O)N2CCC3(CC2)c2ccc(C(=O)C(F)(F)F)n2C(C)(C)CN3C)ccc1OC(C)C. The van der Waals surface area contributed by atoms with E-state index in [1.165, 1.54) is 64.1 Å². The van der Waals surface area contributed by atoms with Crippen LogP contribution in [0.25, 0.3) is 0 Å². The quantitative estimate of drug-likeness (QED) is 0.0608. The summed E-state index contributed by atoms with van der Waals surface area (Å²) in [7, 11) is 6.10. The molecule has 4 aromatic carbocycles. The molecule has 4 amide bonds. The van der Waals surface area contributed by atoms with E-state index in [4.69, 9.17) is 18.9 Å². The van der Waals surface area contributed by atoms with Gasteiger partial charge in [0.2, 0.25) is 10.0 Å². The molecule has 13 heterocycles. The number of fused-ring (bicyclic) bond motifs is 8. The zero-order valence-electron chi connectivity index (χ0n) is 80.0. The molecule has 26 nitrogen and oxygen atoms in total. The van der Waals surface area contributed by atoms with E-state index in [1.54, 1.807) is 85.7 Å². The number of ketones is 3. The first-order chi connectivity index (χ1) is 64.3. The lowest BCUT2D eigenvalue weighted by Gasteiger charge is -2.55. The molecule has 18 rings (SSSR count). The Balaban J connectivity index is 0.000000138. The van der Waals surface area contributed by atoms with Gasteiger partial charge in [-0.25, -0.2) is 17.2 Å². The summed E-state index contributed by atoms with van der Waals surface area (Å²) in [4.78, 5) is 106. The minimum atomic E-state index is -4.95. The van der Waals surface area contributed by atoms with E-state index in [2.05, 4.69) is 55.0 Å². The van der Waals surface area contributed by atoms with Crippen molar-refractivity contribution in [3.05, 3.63) is 207 Å². The third-order valence-electron chi connectivity index (χ3n) is 29.4. The number of rotatable bonds is 17. The van der Waals surface area contributed by atoms with E-state index in [9.17, 15) is 77.1 Å². The van der Waals surface area contributed by atoms with E-state index in [0.717, 1.165) is 101 Å². The van der Waals surface area contributed by atoms with E-state index >= 15 is 0 Å².